The maximum Gasteiger partial charge on any atom is 0.0217 e. The molecule has 0 bridgehead atoms. The lowest BCUT2D eigenvalue weighted by Crippen LogP contribution is -2.44. The smallest absolute Gasteiger partial charge is 0.0217 e. The summed E-state index contributed by atoms with van der Waals surface area (Å²) in [7, 11) is 4.37. The van der Waals surface area contributed by atoms with Crippen LogP contribution in [0.3, 0.4) is 0 Å². The van der Waals surface area contributed by atoms with Gasteiger partial charge in [0.25, 0.3) is 0 Å². The highest BCUT2D eigenvalue weighted by molar-refractivity contribution is 4.76. The Kier molecular flexibility index (Phi) is 3.34. The van der Waals surface area contributed by atoms with Crippen molar-refractivity contribution < 1.29 is 0 Å². The molecule has 0 saturated carbocycles. The average molecular weight is 156 g/mol. The van der Waals surface area contributed by atoms with Crippen molar-refractivity contribution >= 4 is 0 Å². The normalized spacial score (nSPS) is 27.8. The molecule has 0 aliphatic carbocycles. The molecule has 1 rings (SSSR count). The Morgan fingerprint density at radius 2 is 2.18 bits per heavy atom. The molecule has 0 N–H and O–H groups in total. The number of hydrogen-bond donors (Lipinski definition) is 0. The summed E-state index contributed by atoms with van der Waals surface area (Å²) in [6.45, 7) is 6.03. The minimum absolute atomic E-state index is 0.795. The van der Waals surface area contributed by atoms with Crippen LogP contribution in [0.5, 0.6) is 0 Å². The Labute approximate surface area is 70.2 Å². The van der Waals surface area contributed by atoms with E-state index in [0.717, 1.165) is 6.04 Å². The molecular weight excluding hydrogens is 136 g/mol. The maximum absolute atomic E-state index is 2.54. The molecule has 0 unspecified atom stereocenters. The Morgan fingerprint density at radius 1 is 1.45 bits per heavy atom. The number of rotatable bonds is 2. The predicted molar refractivity (Wildman–Crippen MR) is 48.8 cm³/mol. The second kappa shape index (κ2) is 4.07. The first-order valence-electron chi connectivity index (χ1n) is 4.62. The van der Waals surface area contributed by atoms with Gasteiger partial charge < -0.3 is 9.80 Å². The molecule has 1 fully saturated rings. The molecule has 1 saturated heterocycles. The number of nitrogens with zero attached hydrogens (tertiary/aromatic N) is 2. The molecule has 0 aromatic rings. The summed E-state index contributed by atoms with van der Waals surface area (Å²) in [4.78, 5) is 4.88. The van der Waals surface area contributed by atoms with E-state index in [1.54, 1.807) is 0 Å². The fraction of sp³-hybridized carbons (Fsp3) is 1.00. The van der Waals surface area contributed by atoms with Gasteiger partial charge in [0, 0.05) is 12.6 Å². The third-order valence-electron chi connectivity index (χ3n) is 2.66. The van der Waals surface area contributed by atoms with E-state index < -0.39 is 0 Å². The highest BCUT2D eigenvalue weighted by atomic mass is 15.2. The second-order valence-electron chi connectivity index (χ2n) is 3.65. The number of likely N-dealkylation sites (N-methyl/N-ethyl adjacent to an activating group) is 2. The van der Waals surface area contributed by atoms with Crippen LogP contribution in [0.1, 0.15) is 19.8 Å². The van der Waals surface area contributed by atoms with Gasteiger partial charge in [0.2, 0.25) is 0 Å². The zero-order valence-corrected chi connectivity index (χ0v) is 8.01. The molecule has 0 radical (unpaired) electrons. The molecule has 0 amide bonds. The molecule has 0 spiro atoms. The van der Waals surface area contributed by atoms with Gasteiger partial charge >= 0.3 is 0 Å². The van der Waals surface area contributed by atoms with Gasteiger partial charge in [-0.3, -0.25) is 0 Å². The number of piperidine rings is 1. The van der Waals surface area contributed by atoms with E-state index in [1.807, 2.05) is 0 Å². The molecule has 2 nitrogen and oxygen atoms in total. The van der Waals surface area contributed by atoms with E-state index in [4.69, 9.17) is 0 Å². The van der Waals surface area contributed by atoms with Crippen molar-refractivity contribution in [3.8, 4) is 0 Å². The highest BCUT2D eigenvalue weighted by Crippen LogP contribution is 2.12. The van der Waals surface area contributed by atoms with Gasteiger partial charge in [0.1, 0.15) is 0 Å². The predicted octanol–water partition coefficient (Wildman–Crippen LogP) is 1.03. The first-order valence-corrected chi connectivity index (χ1v) is 4.62. The van der Waals surface area contributed by atoms with Crippen molar-refractivity contribution in [1.29, 1.82) is 0 Å². The van der Waals surface area contributed by atoms with Gasteiger partial charge in [-0.25, -0.2) is 0 Å². The number of likely N-dealkylation sites (tertiary alicyclic amines) is 1. The topological polar surface area (TPSA) is 6.48 Å². The lowest BCUT2D eigenvalue weighted by molar-refractivity contribution is 0.138. The highest BCUT2D eigenvalue weighted by Gasteiger charge is 2.19. The molecule has 1 heterocycles. The van der Waals surface area contributed by atoms with Crippen LogP contribution in [-0.4, -0.2) is 49.6 Å². The van der Waals surface area contributed by atoms with Crippen molar-refractivity contribution in [2.75, 3.05) is 33.7 Å². The quantitative estimate of drug-likeness (QED) is 0.589. The summed E-state index contributed by atoms with van der Waals surface area (Å²) < 4.78 is 0. The Morgan fingerprint density at radius 3 is 2.73 bits per heavy atom. The molecule has 66 valence electrons. The molecular formula is C9H20N2. The fourth-order valence-corrected chi connectivity index (χ4v) is 1.74. The summed E-state index contributed by atoms with van der Waals surface area (Å²) in [6, 6.07) is 0.795. The van der Waals surface area contributed by atoms with Crippen LogP contribution in [-0.2, 0) is 0 Å². The van der Waals surface area contributed by atoms with E-state index >= 15 is 0 Å². The monoisotopic (exact) mass is 156 g/mol. The van der Waals surface area contributed by atoms with Gasteiger partial charge in [-0.1, -0.05) is 6.92 Å². The summed E-state index contributed by atoms with van der Waals surface area (Å²) in [5.41, 5.74) is 0. The summed E-state index contributed by atoms with van der Waals surface area (Å²) >= 11 is 0. The minimum Gasteiger partial charge on any atom is -0.305 e. The van der Waals surface area contributed by atoms with E-state index in [-0.39, 0.29) is 0 Å². The Bertz CT molecular complexity index is 112. The van der Waals surface area contributed by atoms with Crippen LogP contribution in [0.25, 0.3) is 0 Å². The van der Waals surface area contributed by atoms with Crippen LogP contribution in [0.2, 0.25) is 0 Å². The lowest BCUT2D eigenvalue weighted by atomic mass is 10.1. The van der Waals surface area contributed by atoms with Crippen LogP contribution in [0.15, 0.2) is 0 Å². The van der Waals surface area contributed by atoms with E-state index in [2.05, 4.69) is 30.8 Å². The lowest BCUT2D eigenvalue weighted by Gasteiger charge is -2.35. The fourth-order valence-electron chi connectivity index (χ4n) is 1.74. The standard InChI is InChI=1S/C9H20N2/c1-4-11-7-5-6-9(8-11)10(2)3/h9H,4-8H2,1-3H3/t9-/m1/s1. The van der Waals surface area contributed by atoms with Crippen molar-refractivity contribution in [2.45, 2.75) is 25.8 Å². The zero-order valence-electron chi connectivity index (χ0n) is 8.01. The second-order valence-corrected chi connectivity index (χ2v) is 3.65. The molecule has 11 heavy (non-hydrogen) atoms. The molecule has 2 heteroatoms. The van der Waals surface area contributed by atoms with Crippen LogP contribution >= 0.6 is 0 Å². The summed E-state index contributed by atoms with van der Waals surface area (Å²) in [5.74, 6) is 0. The van der Waals surface area contributed by atoms with E-state index in [9.17, 15) is 0 Å². The third kappa shape index (κ3) is 2.46. The number of hydrogen-bond acceptors (Lipinski definition) is 2. The van der Waals surface area contributed by atoms with E-state index in [1.165, 1.54) is 32.5 Å². The van der Waals surface area contributed by atoms with Crippen molar-refractivity contribution in [3.63, 3.8) is 0 Å². The summed E-state index contributed by atoms with van der Waals surface area (Å²) in [6.07, 6.45) is 2.75. The third-order valence-corrected chi connectivity index (χ3v) is 2.66. The van der Waals surface area contributed by atoms with E-state index in [0.29, 0.717) is 0 Å². The first-order chi connectivity index (χ1) is 5.24. The molecule has 1 aliphatic rings. The average Bonchev–Trinajstić information content (AvgIpc) is 2.05. The zero-order chi connectivity index (χ0) is 8.27. The largest absolute Gasteiger partial charge is 0.305 e. The van der Waals surface area contributed by atoms with Gasteiger partial charge in [-0.15, -0.1) is 0 Å². The maximum atomic E-state index is 2.54. The Balaban J connectivity index is 2.33. The van der Waals surface area contributed by atoms with Crippen LogP contribution in [0.4, 0.5) is 0 Å². The van der Waals surface area contributed by atoms with Gasteiger partial charge in [0.05, 0.1) is 0 Å². The van der Waals surface area contributed by atoms with Crippen molar-refractivity contribution in [1.82, 2.24) is 9.80 Å². The van der Waals surface area contributed by atoms with Gasteiger partial charge in [-0.05, 0) is 40.0 Å². The van der Waals surface area contributed by atoms with Gasteiger partial charge in [-0.2, -0.15) is 0 Å². The SMILES string of the molecule is CCN1CCC[C@@H](N(C)C)C1. The molecule has 1 atom stereocenters. The van der Waals surface area contributed by atoms with Crippen molar-refractivity contribution in [3.05, 3.63) is 0 Å². The van der Waals surface area contributed by atoms with Crippen LogP contribution < -0.4 is 0 Å². The van der Waals surface area contributed by atoms with Crippen molar-refractivity contribution in [2.24, 2.45) is 0 Å². The molecule has 0 aromatic heterocycles. The minimum atomic E-state index is 0.795. The summed E-state index contributed by atoms with van der Waals surface area (Å²) in [5, 5.41) is 0. The molecule has 0 aromatic carbocycles. The Hall–Kier alpha value is -0.0800. The van der Waals surface area contributed by atoms with Crippen LogP contribution in [0, 0.1) is 0 Å². The first kappa shape index (κ1) is 9.01. The van der Waals surface area contributed by atoms with Gasteiger partial charge in [0.15, 0.2) is 0 Å². The molecule has 1 aliphatic heterocycles.